The zero-order chi connectivity index (χ0) is 15.6. The summed E-state index contributed by atoms with van der Waals surface area (Å²) in [7, 11) is 1.89. The Hall–Kier alpha value is -1.72. The number of nitrogens with zero attached hydrogens (tertiary/aromatic N) is 3. The third-order valence-electron chi connectivity index (χ3n) is 3.60. The summed E-state index contributed by atoms with van der Waals surface area (Å²) in [6.45, 7) is 8.55. The van der Waals surface area contributed by atoms with Gasteiger partial charge in [-0.25, -0.2) is 4.79 Å². The van der Waals surface area contributed by atoms with Crippen LogP contribution in [0.1, 0.15) is 40.5 Å². The summed E-state index contributed by atoms with van der Waals surface area (Å²) in [6, 6.07) is 0.310. The van der Waals surface area contributed by atoms with E-state index in [1.807, 2.05) is 38.9 Å². The Morgan fingerprint density at radius 2 is 2.24 bits per heavy atom. The number of carbonyl (C=O) groups excluding carboxylic acids is 1. The van der Waals surface area contributed by atoms with Gasteiger partial charge in [0.15, 0.2) is 0 Å². The summed E-state index contributed by atoms with van der Waals surface area (Å²) in [4.78, 5) is 14.1. The Bertz CT molecular complexity index is 492. The average molecular weight is 294 g/mol. The molecule has 6 nitrogen and oxygen atoms in total. The van der Waals surface area contributed by atoms with Crippen LogP contribution < -0.4 is 5.32 Å². The molecule has 1 aromatic heterocycles. The van der Waals surface area contributed by atoms with Gasteiger partial charge in [0.05, 0.1) is 17.9 Å². The van der Waals surface area contributed by atoms with Crippen molar-refractivity contribution in [2.75, 3.05) is 11.9 Å². The molecule has 1 amide bonds. The molecule has 0 aromatic carbocycles. The van der Waals surface area contributed by atoms with Crippen molar-refractivity contribution in [2.24, 2.45) is 7.05 Å². The number of carbonyl (C=O) groups is 1. The van der Waals surface area contributed by atoms with E-state index in [2.05, 4.69) is 17.3 Å². The van der Waals surface area contributed by atoms with Crippen LogP contribution in [0.15, 0.2) is 12.4 Å². The number of amides is 1. The van der Waals surface area contributed by atoms with Gasteiger partial charge in [-0.3, -0.25) is 4.68 Å². The Kier molecular flexibility index (Phi) is 4.44. The van der Waals surface area contributed by atoms with E-state index >= 15 is 0 Å². The Labute approximate surface area is 126 Å². The van der Waals surface area contributed by atoms with Crippen molar-refractivity contribution in [2.45, 2.75) is 58.2 Å². The van der Waals surface area contributed by atoms with Crippen molar-refractivity contribution in [3.05, 3.63) is 12.4 Å². The molecule has 0 bridgehead atoms. The normalized spacial score (nSPS) is 20.4. The van der Waals surface area contributed by atoms with E-state index in [-0.39, 0.29) is 18.2 Å². The summed E-state index contributed by atoms with van der Waals surface area (Å²) < 4.78 is 7.26. The first-order chi connectivity index (χ1) is 9.76. The van der Waals surface area contributed by atoms with Crippen LogP contribution in [-0.4, -0.2) is 45.0 Å². The molecule has 2 heterocycles. The summed E-state index contributed by atoms with van der Waals surface area (Å²) in [6.07, 6.45) is 5.52. The maximum atomic E-state index is 12.3. The number of anilines is 1. The monoisotopic (exact) mass is 294 g/mol. The number of hydrogen-bond acceptors (Lipinski definition) is 4. The predicted molar refractivity (Wildman–Crippen MR) is 82.3 cm³/mol. The SMILES string of the molecule is C[C@H](Nc1cnn(C)c1)[C@@H]1CCCN1C(=O)OC(C)(C)C. The van der Waals surface area contributed by atoms with Gasteiger partial charge in [0, 0.05) is 25.8 Å². The van der Waals surface area contributed by atoms with Gasteiger partial charge in [-0.1, -0.05) is 0 Å². The lowest BCUT2D eigenvalue weighted by Crippen LogP contribution is -2.46. The molecule has 1 fully saturated rings. The molecule has 0 spiro atoms. The molecule has 21 heavy (non-hydrogen) atoms. The standard InChI is InChI=1S/C15H26N4O2/c1-11(17-12-9-16-18(5)10-12)13-7-6-8-19(13)14(20)21-15(2,3)4/h9-11,13,17H,6-8H2,1-5H3/t11-,13-/m0/s1. The van der Waals surface area contributed by atoms with Crippen molar-refractivity contribution < 1.29 is 9.53 Å². The van der Waals surface area contributed by atoms with Crippen LogP contribution in [0.4, 0.5) is 10.5 Å². The lowest BCUT2D eigenvalue weighted by Gasteiger charge is -2.32. The maximum absolute atomic E-state index is 12.3. The van der Waals surface area contributed by atoms with E-state index in [1.54, 1.807) is 10.9 Å². The van der Waals surface area contributed by atoms with Crippen LogP contribution in [0.5, 0.6) is 0 Å². The molecule has 1 aliphatic rings. The van der Waals surface area contributed by atoms with Crippen molar-refractivity contribution in [3.8, 4) is 0 Å². The highest BCUT2D eigenvalue weighted by atomic mass is 16.6. The highest BCUT2D eigenvalue weighted by Gasteiger charge is 2.35. The predicted octanol–water partition coefficient (Wildman–Crippen LogP) is 2.62. The zero-order valence-corrected chi connectivity index (χ0v) is 13.6. The fourth-order valence-electron chi connectivity index (χ4n) is 2.71. The van der Waals surface area contributed by atoms with E-state index in [9.17, 15) is 4.79 Å². The molecular weight excluding hydrogens is 268 g/mol. The molecule has 1 saturated heterocycles. The van der Waals surface area contributed by atoms with Crippen LogP contribution in [0.3, 0.4) is 0 Å². The number of hydrogen-bond donors (Lipinski definition) is 1. The lowest BCUT2D eigenvalue weighted by molar-refractivity contribution is 0.0216. The van der Waals surface area contributed by atoms with Gasteiger partial charge in [0.2, 0.25) is 0 Å². The van der Waals surface area contributed by atoms with Gasteiger partial charge in [0.25, 0.3) is 0 Å². The average Bonchev–Trinajstić information content (AvgIpc) is 2.95. The van der Waals surface area contributed by atoms with E-state index in [0.29, 0.717) is 0 Å². The van der Waals surface area contributed by atoms with Crippen LogP contribution in [-0.2, 0) is 11.8 Å². The second kappa shape index (κ2) is 5.95. The smallest absolute Gasteiger partial charge is 0.410 e. The second-order valence-corrected chi connectivity index (χ2v) is 6.72. The maximum Gasteiger partial charge on any atom is 0.410 e. The van der Waals surface area contributed by atoms with Gasteiger partial charge in [-0.15, -0.1) is 0 Å². The number of rotatable bonds is 3. The number of likely N-dealkylation sites (tertiary alicyclic amines) is 1. The molecule has 2 rings (SSSR count). The van der Waals surface area contributed by atoms with Gasteiger partial charge in [-0.05, 0) is 40.5 Å². The Morgan fingerprint density at radius 3 is 2.81 bits per heavy atom. The molecule has 0 unspecified atom stereocenters. The molecular formula is C15H26N4O2. The topological polar surface area (TPSA) is 59.4 Å². The molecule has 6 heteroatoms. The van der Waals surface area contributed by atoms with Gasteiger partial charge >= 0.3 is 6.09 Å². The summed E-state index contributed by atoms with van der Waals surface area (Å²) in [5, 5.41) is 7.57. The fraction of sp³-hybridized carbons (Fsp3) is 0.733. The third-order valence-corrected chi connectivity index (χ3v) is 3.60. The highest BCUT2D eigenvalue weighted by Crippen LogP contribution is 2.24. The summed E-state index contributed by atoms with van der Waals surface area (Å²) in [5.74, 6) is 0. The van der Waals surface area contributed by atoms with E-state index in [4.69, 9.17) is 4.74 Å². The fourth-order valence-corrected chi connectivity index (χ4v) is 2.71. The van der Waals surface area contributed by atoms with Crippen molar-refractivity contribution >= 4 is 11.8 Å². The quantitative estimate of drug-likeness (QED) is 0.931. The first-order valence-electron chi connectivity index (χ1n) is 7.51. The third kappa shape index (κ3) is 4.12. The van der Waals surface area contributed by atoms with Crippen molar-refractivity contribution in [1.82, 2.24) is 14.7 Å². The van der Waals surface area contributed by atoms with Crippen molar-refractivity contribution in [1.29, 1.82) is 0 Å². The molecule has 118 valence electrons. The van der Waals surface area contributed by atoms with Gasteiger partial charge in [0.1, 0.15) is 5.60 Å². The molecule has 2 atom stereocenters. The number of ether oxygens (including phenoxy) is 1. The van der Waals surface area contributed by atoms with Gasteiger partial charge in [-0.2, -0.15) is 5.10 Å². The number of aromatic nitrogens is 2. The van der Waals surface area contributed by atoms with Crippen molar-refractivity contribution in [3.63, 3.8) is 0 Å². The largest absolute Gasteiger partial charge is 0.444 e. The first kappa shape index (κ1) is 15.7. The molecule has 1 aliphatic heterocycles. The van der Waals surface area contributed by atoms with E-state index in [0.717, 1.165) is 25.1 Å². The van der Waals surface area contributed by atoms with Crippen LogP contribution >= 0.6 is 0 Å². The molecule has 1 N–H and O–H groups in total. The minimum absolute atomic E-state index is 0.153. The Balaban J connectivity index is 1.99. The van der Waals surface area contributed by atoms with Crippen LogP contribution in [0.25, 0.3) is 0 Å². The van der Waals surface area contributed by atoms with Gasteiger partial charge < -0.3 is 15.0 Å². The molecule has 1 aromatic rings. The first-order valence-corrected chi connectivity index (χ1v) is 7.51. The highest BCUT2D eigenvalue weighted by molar-refractivity contribution is 5.69. The minimum atomic E-state index is -0.454. The van der Waals surface area contributed by atoms with Crippen LogP contribution in [0, 0.1) is 0 Å². The van der Waals surface area contributed by atoms with Crippen LogP contribution in [0.2, 0.25) is 0 Å². The molecule has 0 aliphatic carbocycles. The molecule has 0 saturated carbocycles. The van der Waals surface area contributed by atoms with E-state index < -0.39 is 5.60 Å². The summed E-state index contributed by atoms with van der Waals surface area (Å²) >= 11 is 0. The zero-order valence-electron chi connectivity index (χ0n) is 13.6. The Morgan fingerprint density at radius 1 is 1.52 bits per heavy atom. The minimum Gasteiger partial charge on any atom is -0.444 e. The van der Waals surface area contributed by atoms with E-state index in [1.165, 1.54) is 0 Å². The number of nitrogens with one attached hydrogen (secondary N) is 1. The lowest BCUT2D eigenvalue weighted by atomic mass is 10.1. The summed E-state index contributed by atoms with van der Waals surface area (Å²) in [5.41, 5.74) is 0.519. The second-order valence-electron chi connectivity index (χ2n) is 6.72. The number of aryl methyl sites for hydroxylation is 1. The molecule has 0 radical (unpaired) electrons.